The number of nitrogens with zero attached hydrogens (tertiary/aromatic N) is 2. The Hall–Kier alpha value is -1.38. The van der Waals surface area contributed by atoms with Crippen molar-refractivity contribution in [3.8, 4) is 0 Å². The lowest BCUT2D eigenvalue weighted by molar-refractivity contribution is -0.120. The molecule has 2 aliphatic rings. The highest BCUT2D eigenvalue weighted by molar-refractivity contribution is 7.98. The second-order valence-corrected chi connectivity index (χ2v) is 11.2. The number of thioether (sulfide) groups is 1. The molecule has 3 heterocycles. The van der Waals surface area contributed by atoms with Crippen molar-refractivity contribution in [3.05, 3.63) is 26.6 Å². The van der Waals surface area contributed by atoms with Gasteiger partial charge in [-0.05, 0) is 63.1 Å². The van der Waals surface area contributed by atoms with E-state index in [1.54, 1.807) is 23.1 Å². The van der Waals surface area contributed by atoms with Crippen molar-refractivity contribution in [1.82, 2.24) is 20.2 Å². The molecule has 0 aromatic carbocycles. The van der Waals surface area contributed by atoms with Crippen molar-refractivity contribution >= 4 is 39.2 Å². The molecule has 31 heavy (non-hydrogen) atoms. The molecule has 6 nitrogen and oxygen atoms in total. The van der Waals surface area contributed by atoms with E-state index in [0.29, 0.717) is 18.1 Å². The maximum absolute atomic E-state index is 12.6. The van der Waals surface area contributed by atoms with Gasteiger partial charge in [0.05, 0.1) is 11.1 Å². The standard InChI is InChI=1S/C23H34N4O2S2/c1-16(14-27-10-5-2-6-11-27)13-24-20(28)9-12-30-15-19-25-22(29)21-17-7-3-4-8-18(17)31-23(21)26-19/h16H,2-15H2,1H3,(H,24,28)(H,25,26,29). The molecule has 2 aromatic rings. The Morgan fingerprint density at radius 3 is 2.87 bits per heavy atom. The maximum Gasteiger partial charge on any atom is 0.259 e. The number of thiophene rings is 1. The summed E-state index contributed by atoms with van der Waals surface area (Å²) in [5.74, 6) is 2.67. The summed E-state index contributed by atoms with van der Waals surface area (Å²) in [6.07, 6.45) is 8.91. The zero-order valence-corrected chi connectivity index (χ0v) is 20.1. The average Bonchev–Trinajstić information content (AvgIpc) is 3.15. The van der Waals surface area contributed by atoms with Gasteiger partial charge < -0.3 is 15.2 Å². The van der Waals surface area contributed by atoms with Crippen molar-refractivity contribution in [2.24, 2.45) is 5.92 Å². The SMILES string of the molecule is CC(CNC(=O)CCSCc1nc2sc3c(c2c(=O)[nH]1)CCCC3)CN1CCCCC1. The predicted molar refractivity (Wildman–Crippen MR) is 130 cm³/mol. The summed E-state index contributed by atoms with van der Waals surface area (Å²) in [6.45, 7) is 6.43. The van der Waals surface area contributed by atoms with Crippen LogP contribution in [0.25, 0.3) is 10.2 Å². The van der Waals surface area contributed by atoms with E-state index in [1.807, 2.05) is 0 Å². The van der Waals surface area contributed by atoms with E-state index in [4.69, 9.17) is 4.98 Å². The smallest absolute Gasteiger partial charge is 0.259 e. The molecular formula is C23H34N4O2S2. The zero-order chi connectivity index (χ0) is 21.6. The van der Waals surface area contributed by atoms with E-state index in [-0.39, 0.29) is 11.5 Å². The number of hydrogen-bond acceptors (Lipinski definition) is 6. The van der Waals surface area contributed by atoms with Gasteiger partial charge in [0.1, 0.15) is 10.7 Å². The normalized spacial score (nSPS) is 18.1. The monoisotopic (exact) mass is 462 g/mol. The predicted octanol–water partition coefficient (Wildman–Crippen LogP) is 3.72. The second-order valence-electron chi connectivity index (χ2n) is 8.98. The largest absolute Gasteiger partial charge is 0.356 e. The maximum atomic E-state index is 12.6. The zero-order valence-electron chi connectivity index (χ0n) is 18.5. The van der Waals surface area contributed by atoms with E-state index in [2.05, 4.69) is 22.1 Å². The van der Waals surface area contributed by atoms with E-state index in [1.165, 1.54) is 49.2 Å². The Balaban J connectivity index is 1.18. The van der Waals surface area contributed by atoms with Crippen LogP contribution in [0.3, 0.4) is 0 Å². The van der Waals surface area contributed by atoms with Crippen LogP contribution in [0.5, 0.6) is 0 Å². The molecule has 170 valence electrons. The number of hydrogen-bond donors (Lipinski definition) is 2. The van der Waals surface area contributed by atoms with Crippen LogP contribution in [-0.4, -0.2) is 52.7 Å². The molecule has 1 aliphatic heterocycles. The number of aryl methyl sites for hydroxylation is 2. The Labute approximate surface area is 192 Å². The topological polar surface area (TPSA) is 78.1 Å². The molecule has 0 saturated carbocycles. The van der Waals surface area contributed by atoms with Crippen LogP contribution in [0, 0.1) is 5.92 Å². The summed E-state index contributed by atoms with van der Waals surface area (Å²) in [5, 5.41) is 3.89. The molecule has 1 aliphatic carbocycles. The van der Waals surface area contributed by atoms with Crippen molar-refractivity contribution in [3.63, 3.8) is 0 Å². The molecule has 1 unspecified atom stereocenters. The van der Waals surface area contributed by atoms with E-state index >= 15 is 0 Å². The van der Waals surface area contributed by atoms with Gasteiger partial charge in [-0.25, -0.2) is 4.98 Å². The highest BCUT2D eigenvalue weighted by Gasteiger charge is 2.20. The number of piperidine rings is 1. The third-order valence-corrected chi connectivity index (χ3v) is 8.41. The summed E-state index contributed by atoms with van der Waals surface area (Å²) in [5.41, 5.74) is 1.23. The van der Waals surface area contributed by atoms with E-state index in [0.717, 1.165) is 54.1 Å². The first-order valence-corrected chi connectivity index (χ1v) is 13.7. The summed E-state index contributed by atoms with van der Waals surface area (Å²) >= 11 is 3.34. The van der Waals surface area contributed by atoms with Crippen LogP contribution in [0.4, 0.5) is 0 Å². The number of aromatic nitrogens is 2. The number of carbonyl (C=O) groups excluding carboxylic acids is 1. The van der Waals surface area contributed by atoms with Crippen LogP contribution in [-0.2, 0) is 23.4 Å². The minimum absolute atomic E-state index is 0.000404. The van der Waals surface area contributed by atoms with Gasteiger partial charge in [-0.1, -0.05) is 13.3 Å². The Kier molecular flexibility index (Phi) is 8.07. The van der Waals surface area contributed by atoms with Gasteiger partial charge >= 0.3 is 0 Å². The molecule has 1 atom stereocenters. The third kappa shape index (κ3) is 6.11. The number of fused-ring (bicyclic) bond motifs is 3. The second kappa shape index (κ2) is 11.0. The molecule has 0 bridgehead atoms. The molecule has 4 rings (SSSR count). The van der Waals surface area contributed by atoms with Crippen molar-refractivity contribution in [2.45, 2.75) is 64.0 Å². The summed E-state index contributed by atoms with van der Waals surface area (Å²) in [6, 6.07) is 0. The first-order chi connectivity index (χ1) is 15.1. The highest BCUT2D eigenvalue weighted by Crippen LogP contribution is 2.33. The molecule has 2 N–H and O–H groups in total. The molecule has 2 aromatic heterocycles. The Morgan fingerprint density at radius 2 is 2.03 bits per heavy atom. The number of carbonyl (C=O) groups is 1. The van der Waals surface area contributed by atoms with E-state index < -0.39 is 0 Å². The van der Waals surface area contributed by atoms with Crippen molar-refractivity contribution < 1.29 is 4.79 Å². The van der Waals surface area contributed by atoms with Crippen LogP contribution in [0.1, 0.15) is 61.7 Å². The fraction of sp³-hybridized carbons (Fsp3) is 0.696. The number of aromatic amines is 1. The first kappa shape index (κ1) is 22.8. The molecular weight excluding hydrogens is 428 g/mol. The summed E-state index contributed by atoms with van der Waals surface area (Å²) < 4.78 is 0. The van der Waals surface area contributed by atoms with Gasteiger partial charge in [0.2, 0.25) is 5.91 Å². The van der Waals surface area contributed by atoms with Gasteiger partial charge in [-0.15, -0.1) is 11.3 Å². The van der Waals surface area contributed by atoms with Gasteiger partial charge in [0, 0.05) is 30.1 Å². The third-order valence-electron chi connectivity index (χ3n) is 6.25. The van der Waals surface area contributed by atoms with Crippen LogP contribution >= 0.6 is 23.1 Å². The molecule has 8 heteroatoms. The first-order valence-electron chi connectivity index (χ1n) is 11.7. The van der Waals surface area contributed by atoms with Gasteiger partial charge in [0.15, 0.2) is 0 Å². The highest BCUT2D eigenvalue weighted by atomic mass is 32.2. The number of H-pyrrole nitrogens is 1. The molecule has 1 saturated heterocycles. The molecule has 0 radical (unpaired) electrons. The summed E-state index contributed by atoms with van der Waals surface area (Å²) in [4.78, 5) is 37.2. The van der Waals surface area contributed by atoms with Crippen LogP contribution in [0.15, 0.2) is 4.79 Å². The lowest BCUT2D eigenvalue weighted by Gasteiger charge is -2.29. The lowest BCUT2D eigenvalue weighted by atomic mass is 9.97. The molecule has 0 spiro atoms. The fourth-order valence-corrected chi connectivity index (χ4v) is 6.72. The van der Waals surface area contributed by atoms with E-state index in [9.17, 15) is 9.59 Å². The fourth-order valence-electron chi connectivity index (χ4n) is 4.63. The minimum Gasteiger partial charge on any atom is -0.356 e. The quantitative estimate of drug-likeness (QED) is 0.555. The van der Waals surface area contributed by atoms with Gasteiger partial charge in [-0.3, -0.25) is 9.59 Å². The number of likely N-dealkylation sites (tertiary alicyclic amines) is 1. The average molecular weight is 463 g/mol. The lowest BCUT2D eigenvalue weighted by Crippen LogP contribution is -2.38. The number of rotatable bonds is 9. The van der Waals surface area contributed by atoms with Gasteiger partial charge in [-0.2, -0.15) is 11.8 Å². The number of amides is 1. The van der Waals surface area contributed by atoms with Crippen molar-refractivity contribution in [2.75, 3.05) is 31.9 Å². The molecule has 1 amide bonds. The Bertz CT molecular complexity index is 949. The Morgan fingerprint density at radius 1 is 1.23 bits per heavy atom. The van der Waals surface area contributed by atoms with Crippen LogP contribution in [0.2, 0.25) is 0 Å². The number of nitrogens with one attached hydrogen (secondary N) is 2. The van der Waals surface area contributed by atoms with Crippen LogP contribution < -0.4 is 10.9 Å². The molecule has 1 fully saturated rings. The minimum atomic E-state index is 0.000404. The van der Waals surface area contributed by atoms with Gasteiger partial charge in [0.25, 0.3) is 5.56 Å². The summed E-state index contributed by atoms with van der Waals surface area (Å²) in [7, 11) is 0. The van der Waals surface area contributed by atoms with Crippen molar-refractivity contribution in [1.29, 1.82) is 0 Å².